The number of rotatable bonds is 5. The minimum absolute atomic E-state index is 0.666. The van der Waals surface area contributed by atoms with Gasteiger partial charge in [0.05, 0.1) is 19.3 Å². The molecule has 2 rings (SSSR count). The van der Waals surface area contributed by atoms with Crippen LogP contribution >= 0.6 is 0 Å². The second-order valence-electron chi connectivity index (χ2n) is 3.85. The molecule has 0 aliphatic carbocycles. The quantitative estimate of drug-likeness (QED) is 0.859. The van der Waals surface area contributed by atoms with Gasteiger partial charge in [-0.1, -0.05) is 23.4 Å². The molecule has 0 aliphatic heterocycles. The maximum Gasteiger partial charge on any atom is 0.150 e. The van der Waals surface area contributed by atoms with Gasteiger partial charge in [-0.2, -0.15) is 0 Å². The van der Waals surface area contributed by atoms with Crippen LogP contribution in [0, 0.1) is 6.92 Å². The number of hydrogen-bond acceptors (Lipinski definition) is 4. The zero-order valence-electron chi connectivity index (χ0n) is 10.1. The molecule has 1 N–H and O–H groups in total. The van der Waals surface area contributed by atoms with Gasteiger partial charge in [0, 0.05) is 18.2 Å². The number of hydrogen-bond donors (Lipinski definition) is 1. The average Bonchev–Trinajstić information content (AvgIpc) is 2.76. The van der Waals surface area contributed by atoms with Crippen LogP contribution in [-0.2, 0) is 13.1 Å². The van der Waals surface area contributed by atoms with Crippen LogP contribution in [0.1, 0.15) is 17.0 Å². The summed E-state index contributed by atoms with van der Waals surface area (Å²) in [7, 11) is 1.68. The van der Waals surface area contributed by atoms with Crippen LogP contribution in [0.25, 0.3) is 0 Å². The minimum Gasteiger partial charge on any atom is -0.496 e. The molecule has 0 aliphatic rings. The van der Waals surface area contributed by atoms with Crippen molar-refractivity contribution in [2.75, 3.05) is 7.11 Å². The molecule has 1 aromatic heterocycles. The highest BCUT2D eigenvalue weighted by Gasteiger charge is 2.03. The Morgan fingerprint density at radius 3 is 2.82 bits per heavy atom. The van der Waals surface area contributed by atoms with Crippen molar-refractivity contribution >= 4 is 0 Å². The lowest BCUT2D eigenvalue weighted by Gasteiger charge is -2.08. The van der Waals surface area contributed by atoms with Crippen LogP contribution in [0.2, 0.25) is 0 Å². The van der Waals surface area contributed by atoms with Gasteiger partial charge in [-0.05, 0) is 13.0 Å². The van der Waals surface area contributed by atoms with E-state index in [2.05, 4.69) is 10.5 Å². The van der Waals surface area contributed by atoms with Crippen molar-refractivity contribution < 1.29 is 9.26 Å². The van der Waals surface area contributed by atoms with E-state index < -0.39 is 0 Å². The third kappa shape index (κ3) is 3.07. The number of ether oxygens (including phenoxy) is 1. The molecule has 0 atom stereocenters. The maximum atomic E-state index is 5.28. The van der Waals surface area contributed by atoms with Gasteiger partial charge >= 0.3 is 0 Å². The Labute approximate surface area is 101 Å². The number of methoxy groups -OCH3 is 1. The molecule has 4 nitrogen and oxygen atoms in total. The molecule has 0 saturated carbocycles. The van der Waals surface area contributed by atoms with Gasteiger partial charge in [0.15, 0.2) is 5.76 Å². The number of aryl methyl sites for hydroxylation is 1. The fourth-order valence-corrected chi connectivity index (χ4v) is 1.67. The first-order valence-corrected chi connectivity index (χ1v) is 5.54. The maximum absolute atomic E-state index is 5.28. The summed E-state index contributed by atoms with van der Waals surface area (Å²) < 4.78 is 10.4. The van der Waals surface area contributed by atoms with Crippen molar-refractivity contribution in [1.29, 1.82) is 0 Å². The highest BCUT2D eigenvalue weighted by Crippen LogP contribution is 2.16. The van der Waals surface area contributed by atoms with Crippen molar-refractivity contribution in [2.24, 2.45) is 0 Å². The van der Waals surface area contributed by atoms with E-state index in [4.69, 9.17) is 9.26 Å². The SMILES string of the molecule is COc1ccccc1CNCc1cc(C)no1. The smallest absolute Gasteiger partial charge is 0.150 e. The minimum atomic E-state index is 0.666. The van der Waals surface area contributed by atoms with E-state index in [0.717, 1.165) is 29.3 Å². The zero-order valence-corrected chi connectivity index (χ0v) is 10.1. The molecule has 17 heavy (non-hydrogen) atoms. The topological polar surface area (TPSA) is 47.3 Å². The van der Waals surface area contributed by atoms with E-state index in [1.807, 2.05) is 37.3 Å². The first-order valence-electron chi connectivity index (χ1n) is 5.54. The molecule has 0 bridgehead atoms. The van der Waals surface area contributed by atoms with Gasteiger partial charge in [0.1, 0.15) is 5.75 Å². The third-order valence-electron chi connectivity index (χ3n) is 2.48. The molecule has 90 valence electrons. The lowest BCUT2D eigenvalue weighted by Crippen LogP contribution is -2.12. The standard InChI is InChI=1S/C13H16N2O2/c1-10-7-12(17-15-10)9-14-8-11-5-3-4-6-13(11)16-2/h3-7,14H,8-9H2,1-2H3. The summed E-state index contributed by atoms with van der Waals surface area (Å²) in [6.45, 7) is 3.32. The van der Waals surface area contributed by atoms with Gasteiger partial charge in [0.2, 0.25) is 0 Å². The fraction of sp³-hybridized carbons (Fsp3) is 0.308. The molecule has 0 unspecified atom stereocenters. The van der Waals surface area contributed by atoms with Crippen LogP contribution in [0.15, 0.2) is 34.9 Å². The van der Waals surface area contributed by atoms with Crippen LogP contribution in [-0.4, -0.2) is 12.3 Å². The van der Waals surface area contributed by atoms with Crippen molar-refractivity contribution in [2.45, 2.75) is 20.0 Å². The first kappa shape index (κ1) is 11.7. The van der Waals surface area contributed by atoms with E-state index in [1.165, 1.54) is 0 Å². The van der Waals surface area contributed by atoms with E-state index in [0.29, 0.717) is 6.54 Å². The van der Waals surface area contributed by atoms with E-state index >= 15 is 0 Å². The molecule has 2 aromatic rings. The number of nitrogens with zero attached hydrogens (tertiary/aromatic N) is 1. The number of nitrogens with one attached hydrogen (secondary N) is 1. The van der Waals surface area contributed by atoms with Crippen LogP contribution < -0.4 is 10.1 Å². The molecular weight excluding hydrogens is 216 g/mol. The van der Waals surface area contributed by atoms with Gasteiger partial charge < -0.3 is 14.6 Å². The number of benzene rings is 1. The van der Waals surface area contributed by atoms with Crippen molar-refractivity contribution in [3.8, 4) is 5.75 Å². The van der Waals surface area contributed by atoms with Crippen LogP contribution in [0.4, 0.5) is 0 Å². The number of aromatic nitrogens is 1. The molecule has 0 spiro atoms. The van der Waals surface area contributed by atoms with E-state index in [9.17, 15) is 0 Å². The second-order valence-corrected chi connectivity index (χ2v) is 3.85. The molecule has 0 radical (unpaired) electrons. The molecule has 0 amide bonds. The molecular formula is C13H16N2O2. The summed E-state index contributed by atoms with van der Waals surface area (Å²) in [6, 6.07) is 9.88. The highest BCUT2D eigenvalue weighted by molar-refractivity contribution is 5.32. The Bertz CT molecular complexity index is 480. The number of para-hydroxylation sites is 1. The fourth-order valence-electron chi connectivity index (χ4n) is 1.67. The predicted molar refractivity (Wildman–Crippen MR) is 64.8 cm³/mol. The molecule has 1 aromatic carbocycles. The summed E-state index contributed by atoms with van der Waals surface area (Å²) in [6.07, 6.45) is 0. The third-order valence-corrected chi connectivity index (χ3v) is 2.48. The Balaban J connectivity index is 1.89. The lowest BCUT2D eigenvalue weighted by atomic mass is 10.2. The Morgan fingerprint density at radius 1 is 1.29 bits per heavy atom. The van der Waals surface area contributed by atoms with Gasteiger partial charge in [-0.25, -0.2) is 0 Å². The van der Waals surface area contributed by atoms with Gasteiger partial charge in [-0.3, -0.25) is 0 Å². The van der Waals surface area contributed by atoms with E-state index in [1.54, 1.807) is 7.11 Å². The van der Waals surface area contributed by atoms with Crippen molar-refractivity contribution in [3.63, 3.8) is 0 Å². The average molecular weight is 232 g/mol. The largest absolute Gasteiger partial charge is 0.496 e. The summed E-state index contributed by atoms with van der Waals surface area (Å²) in [5, 5.41) is 7.13. The highest BCUT2D eigenvalue weighted by atomic mass is 16.5. The first-order chi connectivity index (χ1) is 8.29. The van der Waals surface area contributed by atoms with Crippen LogP contribution in [0.5, 0.6) is 5.75 Å². The summed E-state index contributed by atoms with van der Waals surface area (Å²) in [5.74, 6) is 1.74. The zero-order chi connectivity index (χ0) is 12.1. The van der Waals surface area contributed by atoms with Gasteiger partial charge in [0.25, 0.3) is 0 Å². The molecule has 4 heteroatoms. The summed E-state index contributed by atoms with van der Waals surface area (Å²) >= 11 is 0. The monoisotopic (exact) mass is 232 g/mol. The van der Waals surface area contributed by atoms with E-state index in [-0.39, 0.29) is 0 Å². The van der Waals surface area contributed by atoms with Gasteiger partial charge in [-0.15, -0.1) is 0 Å². The Kier molecular flexibility index (Phi) is 3.77. The van der Waals surface area contributed by atoms with Crippen molar-refractivity contribution in [3.05, 3.63) is 47.3 Å². The summed E-state index contributed by atoms with van der Waals surface area (Å²) in [5.41, 5.74) is 2.03. The molecule has 0 saturated heterocycles. The lowest BCUT2D eigenvalue weighted by molar-refractivity contribution is 0.368. The second kappa shape index (κ2) is 5.50. The summed E-state index contributed by atoms with van der Waals surface area (Å²) in [4.78, 5) is 0. The molecule has 1 heterocycles. The van der Waals surface area contributed by atoms with Crippen molar-refractivity contribution in [1.82, 2.24) is 10.5 Å². The molecule has 0 fully saturated rings. The predicted octanol–water partition coefficient (Wildman–Crippen LogP) is 2.28. The van der Waals surface area contributed by atoms with Crippen LogP contribution in [0.3, 0.4) is 0 Å². The Hall–Kier alpha value is -1.81. The Morgan fingerprint density at radius 2 is 2.12 bits per heavy atom. The normalized spacial score (nSPS) is 10.5.